The summed E-state index contributed by atoms with van der Waals surface area (Å²) in [5.74, 6) is 2.83. The lowest BCUT2D eigenvalue weighted by Gasteiger charge is -2.53. The minimum atomic E-state index is -0.774. The molecule has 1 aromatic rings. The number of hydrogen-bond acceptors (Lipinski definition) is 3. The summed E-state index contributed by atoms with van der Waals surface area (Å²) in [5.41, 5.74) is -0.203. The van der Waals surface area contributed by atoms with Gasteiger partial charge in [0, 0.05) is 24.4 Å². The number of nitrogens with zero attached hydrogens (tertiary/aromatic N) is 1. The topological polar surface area (TPSA) is 29.5 Å². The van der Waals surface area contributed by atoms with Gasteiger partial charge in [0.2, 0.25) is 0 Å². The number of fused-ring (bicyclic) bond motifs is 1. The molecule has 0 bridgehead atoms. The fraction of sp³-hybridized carbons (Fsp3) is 0.550. The van der Waals surface area contributed by atoms with Crippen LogP contribution in [0.2, 0.25) is 0 Å². The van der Waals surface area contributed by atoms with Crippen LogP contribution in [0, 0.1) is 18.3 Å². The highest BCUT2D eigenvalue weighted by molar-refractivity contribution is 5.89. The second-order valence-corrected chi connectivity index (χ2v) is 6.97. The molecular formula is C20H26ClNO2. The van der Waals surface area contributed by atoms with E-state index in [1.54, 1.807) is 12.1 Å². The lowest BCUT2D eigenvalue weighted by Crippen LogP contribution is -2.61. The quantitative estimate of drug-likeness (QED) is 0.600. The second kappa shape index (κ2) is 7.59. The summed E-state index contributed by atoms with van der Waals surface area (Å²) in [6, 6.07) is 9.87. The third-order valence-corrected chi connectivity index (χ3v) is 5.67. The molecule has 24 heavy (non-hydrogen) atoms. The van der Waals surface area contributed by atoms with Crippen LogP contribution in [0.3, 0.4) is 0 Å². The van der Waals surface area contributed by atoms with Gasteiger partial charge in [-0.15, -0.1) is 18.8 Å². The SMILES string of the molecule is C#C[C@@]1(OC(=O)c2ccccc2)C[C@@H](C)N(C)[C@H]2CCCC[C@@H]21.Cl. The molecule has 0 amide bonds. The molecule has 0 unspecified atom stereocenters. The largest absolute Gasteiger partial charge is 0.442 e. The van der Waals surface area contributed by atoms with Gasteiger partial charge in [0.1, 0.15) is 0 Å². The number of ether oxygens (including phenoxy) is 1. The number of benzene rings is 1. The Morgan fingerprint density at radius 1 is 1.29 bits per heavy atom. The molecule has 0 N–H and O–H groups in total. The van der Waals surface area contributed by atoms with Crippen molar-refractivity contribution in [3.63, 3.8) is 0 Å². The summed E-state index contributed by atoms with van der Waals surface area (Å²) >= 11 is 0. The van der Waals surface area contributed by atoms with E-state index in [9.17, 15) is 4.79 Å². The molecule has 4 heteroatoms. The van der Waals surface area contributed by atoms with E-state index < -0.39 is 5.60 Å². The van der Waals surface area contributed by atoms with Gasteiger partial charge in [0.25, 0.3) is 0 Å². The molecule has 4 atom stereocenters. The standard InChI is InChI=1S/C20H25NO2.ClH/c1-4-20(23-19(22)16-10-6-5-7-11-16)14-15(2)21(3)18-13-9-8-12-17(18)20;/h1,5-7,10-11,15,17-18H,8-9,12-14H2,2-3H3;1H/t15-,17+,18+,20-;/m1./s1. The van der Waals surface area contributed by atoms with Crippen molar-refractivity contribution in [2.75, 3.05) is 7.05 Å². The Kier molecular flexibility index (Phi) is 5.96. The normalized spacial score (nSPS) is 32.8. The third-order valence-electron chi connectivity index (χ3n) is 5.67. The molecule has 1 heterocycles. The van der Waals surface area contributed by atoms with Crippen molar-refractivity contribution in [1.29, 1.82) is 0 Å². The molecule has 1 saturated heterocycles. The van der Waals surface area contributed by atoms with Crippen molar-refractivity contribution in [1.82, 2.24) is 4.90 Å². The van der Waals surface area contributed by atoms with Crippen molar-refractivity contribution in [2.45, 2.75) is 56.7 Å². The minimum absolute atomic E-state index is 0. The maximum absolute atomic E-state index is 12.6. The van der Waals surface area contributed by atoms with Crippen LogP contribution in [0.1, 0.15) is 49.4 Å². The van der Waals surface area contributed by atoms with E-state index in [1.807, 2.05) is 18.2 Å². The molecule has 1 aliphatic carbocycles. The monoisotopic (exact) mass is 347 g/mol. The van der Waals surface area contributed by atoms with Crippen molar-refractivity contribution >= 4 is 18.4 Å². The zero-order valence-electron chi connectivity index (χ0n) is 14.4. The fourth-order valence-corrected chi connectivity index (χ4v) is 4.32. The van der Waals surface area contributed by atoms with Crippen LogP contribution >= 0.6 is 12.4 Å². The number of halogens is 1. The van der Waals surface area contributed by atoms with Crippen molar-refractivity contribution < 1.29 is 9.53 Å². The summed E-state index contributed by atoms with van der Waals surface area (Å²) in [6.45, 7) is 2.17. The van der Waals surface area contributed by atoms with Crippen LogP contribution in [0.5, 0.6) is 0 Å². The first-order valence-electron chi connectivity index (χ1n) is 8.55. The van der Waals surface area contributed by atoms with Crippen molar-refractivity contribution in [2.24, 2.45) is 5.92 Å². The van der Waals surface area contributed by atoms with Crippen molar-refractivity contribution in [3.05, 3.63) is 35.9 Å². The maximum Gasteiger partial charge on any atom is 0.339 e. The lowest BCUT2D eigenvalue weighted by atomic mass is 9.67. The van der Waals surface area contributed by atoms with Gasteiger partial charge in [0.15, 0.2) is 5.60 Å². The molecule has 1 aromatic carbocycles. The summed E-state index contributed by atoms with van der Waals surface area (Å²) < 4.78 is 6.00. The molecule has 1 aliphatic heterocycles. The third kappa shape index (κ3) is 3.31. The first-order chi connectivity index (χ1) is 11.1. The summed E-state index contributed by atoms with van der Waals surface area (Å²) in [6.07, 6.45) is 11.2. The van der Waals surface area contributed by atoms with E-state index in [1.165, 1.54) is 6.42 Å². The van der Waals surface area contributed by atoms with E-state index in [4.69, 9.17) is 11.2 Å². The Labute approximate surface area is 151 Å². The molecule has 0 spiro atoms. The summed E-state index contributed by atoms with van der Waals surface area (Å²) in [7, 11) is 2.17. The molecular weight excluding hydrogens is 322 g/mol. The minimum Gasteiger partial charge on any atom is -0.442 e. The highest BCUT2D eigenvalue weighted by Gasteiger charge is 2.52. The zero-order chi connectivity index (χ0) is 16.4. The average molecular weight is 348 g/mol. The molecule has 0 aromatic heterocycles. The number of piperidine rings is 1. The van der Waals surface area contributed by atoms with E-state index in [-0.39, 0.29) is 24.3 Å². The van der Waals surface area contributed by atoms with E-state index in [2.05, 4.69) is 24.8 Å². The van der Waals surface area contributed by atoms with Gasteiger partial charge in [-0.3, -0.25) is 0 Å². The number of esters is 1. The second-order valence-electron chi connectivity index (χ2n) is 6.97. The summed E-state index contributed by atoms with van der Waals surface area (Å²) in [5, 5.41) is 0. The van der Waals surface area contributed by atoms with Crippen LogP contribution in [0.4, 0.5) is 0 Å². The smallest absolute Gasteiger partial charge is 0.339 e. The number of carbonyl (C=O) groups excluding carboxylic acids is 1. The molecule has 130 valence electrons. The number of likely N-dealkylation sites (tertiary alicyclic amines) is 1. The van der Waals surface area contributed by atoms with Crippen LogP contribution in [-0.4, -0.2) is 35.6 Å². The van der Waals surface area contributed by atoms with E-state index in [0.717, 1.165) is 19.3 Å². The van der Waals surface area contributed by atoms with Gasteiger partial charge in [-0.05, 0) is 38.9 Å². The van der Waals surface area contributed by atoms with Gasteiger partial charge >= 0.3 is 5.97 Å². The number of carbonyl (C=O) groups is 1. The van der Waals surface area contributed by atoms with Crippen LogP contribution in [0.25, 0.3) is 0 Å². The van der Waals surface area contributed by atoms with Crippen LogP contribution < -0.4 is 0 Å². The Balaban J connectivity index is 0.00000208. The predicted molar refractivity (Wildman–Crippen MR) is 98.3 cm³/mol. The lowest BCUT2D eigenvalue weighted by molar-refractivity contribution is -0.101. The molecule has 3 rings (SSSR count). The van der Waals surface area contributed by atoms with Gasteiger partial charge in [-0.2, -0.15) is 0 Å². The Morgan fingerprint density at radius 3 is 2.62 bits per heavy atom. The number of rotatable bonds is 2. The average Bonchev–Trinajstić information content (AvgIpc) is 2.60. The highest BCUT2D eigenvalue weighted by atomic mass is 35.5. The Bertz CT molecular complexity index is 612. The molecule has 0 radical (unpaired) electrons. The maximum atomic E-state index is 12.6. The Morgan fingerprint density at radius 2 is 1.96 bits per heavy atom. The highest BCUT2D eigenvalue weighted by Crippen LogP contribution is 2.45. The molecule has 2 aliphatic rings. The first kappa shape index (κ1) is 18.8. The van der Waals surface area contributed by atoms with E-state index in [0.29, 0.717) is 24.1 Å². The van der Waals surface area contributed by atoms with Gasteiger partial charge in [-0.1, -0.05) is 37.0 Å². The van der Waals surface area contributed by atoms with Crippen LogP contribution in [-0.2, 0) is 4.74 Å². The molecule has 2 fully saturated rings. The van der Waals surface area contributed by atoms with E-state index >= 15 is 0 Å². The van der Waals surface area contributed by atoms with Gasteiger partial charge in [-0.25, -0.2) is 4.79 Å². The fourth-order valence-electron chi connectivity index (χ4n) is 4.32. The Hall–Kier alpha value is -1.50. The first-order valence-corrected chi connectivity index (χ1v) is 8.55. The van der Waals surface area contributed by atoms with Gasteiger partial charge < -0.3 is 9.64 Å². The zero-order valence-corrected chi connectivity index (χ0v) is 15.2. The molecule has 3 nitrogen and oxygen atoms in total. The predicted octanol–water partition coefficient (Wildman–Crippen LogP) is 3.92. The van der Waals surface area contributed by atoms with Crippen molar-refractivity contribution in [3.8, 4) is 12.3 Å². The van der Waals surface area contributed by atoms with Crippen LogP contribution in [0.15, 0.2) is 30.3 Å². The number of terminal acetylenes is 1. The molecule has 1 saturated carbocycles. The van der Waals surface area contributed by atoms with Gasteiger partial charge in [0.05, 0.1) is 5.56 Å². The summed E-state index contributed by atoms with van der Waals surface area (Å²) in [4.78, 5) is 15.0. The number of hydrogen-bond donors (Lipinski definition) is 0.